The maximum absolute atomic E-state index is 11.9. The lowest BCUT2D eigenvalue weighted by molar-refractivity contribution is -0.122. The molecule has 0 fully saturated rings. The van der Waals surface area contributed by atoms with E-state index in [1.54, 1.807) is 31.2 Å². The first-order valence-electron chi connectivity index (χ1n) is 6.59. The number of hydrogen-bond donors (Lipinski definition) is 3. The molecule has 0 aliphatic carbocycles. The Bertz CT molecular complexity index is 452. The van der Waals surface area contributed by atoms with Gasteiger partial charge >= 0.3 is 0 Å². The van der Waals surface area contributed by atoms with Gasteiger partial charge in [0.1, 0.15) is 6.04 Å². The zero-order valence-electron chi connectivity index (χ0n) is 11.9. The van der Waals surface area contributed by atoms with Crippen molar-refractivity contribution in [1.82, 2.24) is 10.6 Å². The number of nitrogens with one attached hydrogen (secondary N) is 2. The standard InChI is InChI=1S/C14H20ClN3O2.ClH/c1-10(13(19)17-9-3-2-8-16)18-14(20)11-4-6-12(15)7-5-11;/h4-7,10H,2-3,8-9,16H2,1H3,(H,17,19)(H,18,20);1H. The second kappa shape index (κ2) is 10.4. The Labute approximate surface area is 136 Å². The van der Waals surface area contributed by atoms with E-state index in [1.807, 2.05) is 0 Å². The van der Waals surface area contributed by atoms with Crippen LogP contribution in [-0.4, -0.2) is 30.9 Å². The average molecular weight is 334 g/mol. The van der Waals surface area contributed by atoms with E-state index in [4.69, 9.17) is 17.3 Å². The van der Waals surface area contributed by atoms with Crippen molar-refractivity contribution in [1.29, 1.82) is 0 Å². The highest BCUT2D eigenvalue weighted by atomic mass is 35.5. The first-order chi connectivity index (χ1) is 9.54. The molecule has 21 heavy (non-hydrogen) atoms. The Morgan fingerprint density at radius 1 is 1.24 bits per heavy atom. The lowest BCUT2D eigenvalue weighted by atomic mass is 10.2. The van der Waals surface area contributed by atoms with Gasteiger partial charge < -0.3 is 16.4 Å². The van der Waals surface area contributed by atoms with E-state index in [1.165, 1.54) is 0 Å². The van der Waals surface area contributed by atoms with E-state index >= 15 is 0 Å². The molecule has 0 saturated heterocycles. The molecule has 5 nitrogen and oxygen atoms in total. The van der Waals surface area contributed by atoms with Crippen molar-refractivity contribution in [2.75, 3.05) is 13.1 Å². The molecule has 1 aromatic carbocycles. The number of amides is 2. The molecule has 1 atom stereocenters. The van der Waals surface area contributed by atoms with Crippen LogP contribution in [0.1, 0.15) is 30.1 Å². The van der Waals surface area contributed by atoms with Crippen molar-refractivity contribution < 1.29 is 9.59 Å². The van der Waals surface area contributed by atoms with Crippen molar-refractivity contribution in [3.8, 4) is 0 Å². The van der Waals surface area contributed by atoms with E-state index in [9.17, 15) is 9.59 Å². The number of unbranched alkanes of at least 4 members (excludes halogenated alkanes) is 1. The van der Waals surface area contributed by atoms with Gasteiger partial charge in [0.25, 0.3) is 5.91 Å². The highest BCUT2D eigenvalue weighted by Gasteiger charge is 2.15. The van der Waals surface area contributed by atoms with Gasteiger partial charge in [-0.2, -0.15) is 0 Å². The van der Waals surface area contributed by atoms with Crippen LogP contribution in [-0.2, 0) is 4.79 Å². The molecule has 7 heteroatoms. The van der Waals surface area contributed by atoms with Crippen LogP contribution < -0.4 is 16.4 Å². The maximum Gasteiger partial charge on any atom is 0.251 e. The third-order valence-electron chi connectivity index (χ3n) is 2.78. The molecule has 1 rings (SSSR count). The second-order valence-electron chi connectivity index (χ2n) is 4.49. The van der Waals surface area contributed by atoms with Gasteiger partial charge in [-0.3, -0.25) is 9.59 Å². The fourth-order valence-corrected chi connectivity index (χ4v) is 1.71. The van der Waals surface area contributed by atoms with Gasteiger partial charge in [-0.1, -0.05) is 11.6 Å². The van der Waals surface area contributed by atoms with Crippen LogP contribution in [0.2, 0.25) is 5.02 Å². The summed E-state index contributed by atoms with van der Waals surface area (Å²) in [5.41, 5.74) is 5.84. The lowest BCUT2D eigenvalue weighted by Gasteiger charge is -2.14. The number of carbonyl (C=O) groups excluding carboxylic acids is 2. The van der Waals surface area contributed by atoms with Crippen LogP contribution >= 0.6 is 24.0 Å². The molecule has 0 aliphatic rings. The smallest absolute Gasteiger partial charge is 0.251 e. The van der Waals surface area contributed by atoms with E-state index < -0.39 is 6.04 Å². The minimum Gasteiger partial charge on any atom is -0.354 e. The zero-order valence-corrected chi connectivity index (χ0v) is 13.5. The number of halogens is 2. The van der Waals surface area contributed by atoms with Crippen molar-refractivity contribution in [2.24, 2.45) is 5.73 Å². The topological polar surface area (TPSA) is 84.2 Å². The highest BCUT2D eigenvalue weighted by Crippen LogP contribution is 2.09. The normalized spacial score (nSPS) is 11.2. The minimum absolute atomic E-state index is 0. The summed E-state index contributed by atoms with van der Waals surface area (Å²) < 4.78 is 0. The van der Waals surface area contributed by atoms with E-state index in [2.05, 4.69) is 10.6 Å². The molecule has 0 saturated carbocycles. The Morgan fingerprint density at radius 2 is 1.86 bits per heavy atom. The van der Waals surface area contributed by atoms with Crippen LogP contribution in [0.5, 0.6) is 0 Å². The average Bonchev–Trinajstić information content (AvgIpc) is 2.44. The second-order valence-corrected chi connectivity index (χ2v) is 4.93. The summed E-state index contributed by atoms with van der Waals surface area (Å²) in [6, 6.07) is 5.91. The molecule has 118 valence electrons. The Kier molecular flexibility index (Phi) is 9.78. The molecule has 2 amide bonds. The van der Waals surface area contributed by atoms with Crippen LogP contribution in [0.3, 0.4) is 0 Å². The monoisotopic (exact) mass is 333 g/mol. The summed E-state index contributed by atoms with van der Waals surface area (Å²) in [5, 5.41) is 5.95. The quantitative estimate of drug-likeness (QED) is 0.664. The van der Waals surface area contributed by atoms with Gasteiger partial charge in [-0.15, -0.1) is 12.4 Å². The predicted molar refractivity (Wildman–Crippen MR) is 86.9 cm³/mol. The van der Waals surface area contributed by atoms with E-state index in [0.717, 1.165) is 12.8 Å². The van der Waals surface area contributed by atoms with Gasteiger partial charge in [-0.05, 0) is 50.6 Å². The van der Waals surface area contributed by atoms with Gasteiger partial charge in [0.2, 0.25) is 5.91 Å². The van der Waals surface area contributed by atoms with Crippen LogP contribution in [0.25, 0.3) is 0 Å². The third-order valence-corrected chi connectivity index (χ3v) is 3.03. The molecule has 1 unspecified atom stereocenters. The zero-order chi connectivity index (χ0) is 15.0. The van der Waals surface area contributed by atoms with Crippen LogP contribution in [0.4, 0.5) is 0 Å². The number of carbonyl (C=O) groups is 2. The van der Waals surface area contributed by atoms with E-state index in [0.29, 0.717) is 23.7 Å². The fraction of sp³-hybridized carbons (Fsp3) is 0.429. The van der Waals surface area contributed by atoms with Gasteiger partial charge in [0, 0.05) is 17.1 Å². The Morgan fingerprint density at radius 3 is 2.43 bits per heavy atom. The predicted octanol–water partition coefficient (Wildman–Crippen LogP) is 1.74. The van der Waals surface area contributed by atoms with Gasteiger partial charge in [-0.25, -0.2) is 0 Å². The Balaban J connectivity index is 0.00000400. The first-order valence-corrected chi connectivity index (χ1v) is 6.96. The molecule has 0 heterocycles. The summed E-state index contributed by atoms with van der Waals surface area (Å²) in [4.78, 5) is 23.6. The largest absolute Gasteiger partial charge is 0.354 e. The SMILES string of the molecule is CC(NC(=O)c1ccc(Cl)cc1)C(=O)NCCCCN.Cl. The molecule has 0 bridgehead atoms. The van der Waals surface area contributed by atoms with Crippen LogP contribution in [0, 0.1) is 0 Å². The molecular formula is C14H21Cl2N3O2. The molecule has 4 N–H and O–H groups in total. The molecule has 0 aliphatic heterocycles. The third kappa shape index (κ3) is 7.32. The van der Waals surface area contributed by atoms with Crippen molar-refractivity contribution in [2.45, 2.75) is 25.8 Å². The molecule has 1 aromatic rings. The number of hydrogen-bond acceptors (Lipinski definition) is 3. The van der Waals surface area contributed by atoms with Gasteiger partial charge in [0.05, 0.1) is 0 Å². The summed E-state index contributed by atoms with van der Waals surface area (Å²) >= 11 is 5.75. The maximum atomic E-state index is 11.9. The summed E-state index contributed by atoms with van der Waals surface area (Å²) in [5.74, 6) is -0.504. The molecule has 0 aromatic heterocycles. The summed E-state index contributed by atoms with van der Waals surface area (Å²) in [6.45, 7) is 2.82. The molecular weight excluding hydrogens is 313 g/mol. The summed E-state index contributed by atoms with van der Waals surface area (Å²) in [7, 11) is 0. The highest BCUT2D eigenvalue weighted by molar-refractivity contribution is 6.30. The van der Waals surface area contributed by atoms with Gasteiger partial charge in [0.15, 0.2) is 0 Å². The minimum atomic E-state index is -0.587. The lowest BCUT2D eigenvalue weighted by Crippen LogP contribution is -2.45. The molecule has 0 spiro atoms. The van der Waals surface area contributed by atoms with Crippen molar-refractivity contribution >= 4 is 35.8 Å². The fourth-order valence-electron chi connectivity index (χ4n) is 1.58. The number of benzene rings is 1. The first kappa shape index (κ1) is 19.7. The number of nitrogens with two attached hydrogens (primary N) is 1. The van der Waals surface area contributed by atoms with Crippen molar-refractivity contribution in [3.63, 3.8) is 0 Å². The van der Waals surface area contributed by atoms with Crippen molar-refractivity contribution in [3.05, 3.63) is 34.9 Å². The molecule has 0 radical (unpaired) electrons. The Hall–Kier alpha value is -1.30. The number of rotatable bonds is 7. The summed E-state index contributed by atoms with van der Waals surface area (Å²) in [6.07, 6.45) is 1.70. The van der Waals surface area contributed by atoms with E-state index in [-0.39, 0.29) is 24.2 Å². The van der Waals surface area contributed by atoms with Crippen LogP contribution in [0.15, 0.2) is 24.3 Å².